The monoisotopic (exact) mass is 345 g/mol. The summed E-state index contributed by atoms with van der Waals surface area (Å²) in [7, 11) is 4.30. The van der Waals surface area contributed by atoms with Crippen LogP contribution in [0.5, 0.6) is 5.75 Å². The molecule has 25 heavy (non-hydrogen) atoms. The van der Waals surface area contributed by atoms with E-state index in [2.05, 4.69) is 43.0 Å². The van der Waals surface area contributed by atoms with Crippen molar-refractivity contribution in [1.82, 2.24) is 14.7 Å². The van der Waals surface area contributed by atoms with Gasteiger partial charge < -0.3 is 19.4 Å². The Morgan fingerprint density at radius 1 is 1.32 bits per heavy atom. The van der Waals surface area contributed by atoms with E-state index in [0.29, 0.717) is 25.6 Å². The van der Waals surface area contributed by atoms with Gasteiger partial charge >= 0.3 is 0 Å². The lowest BCUT2D eigenvalue weighted by Gasteiger charge is -2.39. The third-order valence-corrected chi connectivity index (χ3v) is 5.48. The van der Waals surface area contributed by atoms with Gasteiger partial charge in [0.05, 0.1) is 13.1 Å². The van der Waals surface area contributed by atoms with E-state index in [1.807, 2.05) is 17.0 Å². The van der Waals surface area contributed by atoms with Crippen molar-refractivity contribution in [2.24, 2.45) is 0 Å². The highest BCUT2D eigenvalue weighted by Crippen LogP contribution is 2.20. The Labute approximate surface area is 151 Å². The van der Waals surface area contributed by atoms with E-state index in [0.717, 1.165) is 31.8 Å². The standard InChI is InChI=1S/C20H31N3O2/c1-4-16-6-5-7-18(12-16)25-19-14-23(15-19)20(24)9-11-22(3)17-8-10-21(2)13-17/h5-7,12,17,19H,4,8-11,13-15H2,1-3H3/t17-/m0/s1. The van der Waals surface area contributed by atoms with Crippen molar-refractivity contribution in [3.8, 4) is 5.75 Å². The number of benzene rings is 1. The molecule has 1 aromatic carbocycles. The van der Waals surface area contributed by atoms with Crippen LogP contribution in [0.2, 0.25) is 0 Å². The Bertz CT molecular complexity index is 586. The lowest BCUT2D eigenvalue weighted by Crippen LogP contribution is -2.56. The Morgan fingerprint density at radius 2 is 2.12 bits per heavy atom. The summed E-state index contributed by atoms with van der Waals surface area (Å²) in [6, 6.07) is 8.83. The summed E-state index contributed by atoms with van der Waals surface area (Å²) in [5.74, 6) is 1.17. The number of hydrogen-bond donors (Lipinski definition) is 0. The van der Waals surface area contributed by atoms with Crippen molar-refractivity contribution in [2.75, 3.05) is 46.8 Å². The number of likely N-dealkylation sites (N-methyl/N-ethyl adjacent to an activating group) is 2. The zero-order valence-corrected chi connectivity index (χ0v) is 15.8. The first-order chi connectivity index (χ1) is 12.0. The molecule has 0 saturated carbocycles. The smallest absolute Gasteiger partial charge is 0.224 e. The van der Waals surface area contributed by atoms with E-state index < -0.39 is 0 Å². The van der Waals surface area contributed by atoms with Crippen LogP contribution in [0, 0.1) is 0 Å². The number of likely N-dealkylation sites (tertiary alicyclic amines) is 2. The molecule has 0 spiro atoms. The minimum Gasteiger partial charge on any atom is -0.487 e. The third kappa shape index (κ3) is 4.73. The number of nitrogens with zero attached hydrogens (tertiary/aromatic N) is 3. The summed E-state index contributed by atoms with van der Waals surface area (Å²) in [6.45, 7) is 6.69. The van der Waals surface area contributed by atoms with E-state index in [-0.39, 0.29) is 12.0 Å². The van der Waals surface area contributed by atoms with E-state index in [1.54, 1.807) is 0 Å². The zero-order chi connectivity index (χ0) is 17.8. The summed E-state index contributed by atoms with van der Waals surface area (Å²) in [5.41, 5.74) is 1.28. The first kappa shape index (κ1) is 18.2. The molecule has 138 valence electrons. The number of rotatable bonds is 7. The van der Waals surface area contributed by atoms with E-state index >= 15 is 0 Å². The Kier molecular flexibility index (Phi) is 5.97. The van der Waals surface area contributed by atoms with Crippen LogP contribution in [-0.4, -0.2) is 79.6 Å². The van der Waals surface area contributed by atoms with Crippen LogP contribution in [0.25, 0.3) is 0 Å². The van der Waals surface area contributed by atoms with Crippen molar-refractivity contribution >= 4 is 5.91 Å². The summed E-state index contributed by atoms with van der Waals surface area (Å²) < 4.78 is 5.98. The predicted octanol–water partition coefficient (Wildman–Crippen LogP) is 1.86. The SMILES string of the molecule is CCc1cccc(OC2CN(C(=O)CCN(C)[C@H]3CCN(C)C3)C2)c1. The average Bonchev–Trinajstić information content (AvgIpc) is 3.02. The molecule has 2 fully saturated rings. The summed E-state index contributed by atoms with van der Waals surface area (Å²) >= 11 is 0. The Balaban J connectivity index is 1.36. The van der Waals surface area contributed by atoms with Gasteiger partial charge in [0, 0.05) is 25.6 Å². The van der Waals surface area contributed by atoms with Crippen LogP contribution >= 0.6 is 0 Å². The van der Waals surface area contributed by atoms with Crippen molar-refractivity contribution < 1.29 is 9.53 Å². The van der Waals surface area contributed by atoms with Gasteiger partial charge in [0.25, 0.3) is 0 Å². The number of aryl methyl sites for hydroxylation is 1. The van der Waals surface area contributed by atoms with Gasteiger partial charge in [-0.05, 0) is 51.2 Å². The van der Waals surface area contributed by atoms with Crippen molar-refractivity contribution in [1.29, 1.82) is 0 Å². The van der Waals surface area contributed by atoms with Gasteiger partial charge in [-0.15, -0.1) is 0 Å². The normalized spacial score (nSPS) is 21.6. The van der Waals surface area contributed by atoms with Crippen LogP contribution in [0.3, 0.4) is 0 Å². The lowest BCUT2D eigenvalue weighted by molar-refractivity contribution is -0.140. The quantitative estimate of drug-likeness (QED) is 0.756. The van der Waals surface area contributed by atoms with Crippen molar-refractivity contribution in [3.63, 3.8) is 0 Å². The predicted molar refractivity (Wildman–Crippen MR) is 100.0 cm³/mol. The zero-order valence-electron chi connectivity index (χ0n) is 15.8. The topological polar surface area (TPSA) is 36.0 Å². The third-order valence-electron chi connectivity index (χ3n) is 5.48. The maximum atomic E-state index is 12.3. The van der Waals surface area contributed by atoms with Crippen LogP contribution in [0.1, 0.15) is 25.3 Å². The molecular weight excluding hydrogens is 314 g/mol. The highest BCUT2D eigenvalue weighted by molar-refractivity contribution is 5.77. The van der Waals surface area contributed by atoms with Gasteiger partial charge in [0.2, 0.25) is 5.91 Å². The molecule has 0 N–H and O–H groups in total. The van der Waals surface area contributed by atoms with Gasteiger partial charge in [-0.2, -0.15) is 0 Å². The minimum absolute atomic E-state index is 0.136. The molecule has 2 saturated heterocycles. The molecule has 0 bridgehead atoms. The molecule has 3 rings (SSSR count). The van der Waals surface area contributed by atoms with Gasteiger partial charge in [0.1, 0.15) is 11.9 Å². The first-order valence-electron chi connectivity index (χ1n) is 9.47. The number of amides is 1. The molecule has 1 atom stereocenters. The van der Waals surface area contributed by atoms with Gasteiger partial charge in [-0.1, -0.05) is 19.1 Å². The van der Waals surface area contributed by atoms with Crippen LogP contribution in [0.4, 0.5) is 0 Å². The van der Waals surface area contributed by atoms with Crippen molar-refractivity contribution in [3.05, 3.63) is 29.8 Å². The van der Waals surface area contributed by atoms with Gasteiger partial charge in [-0.25, -0.2) is 0 Å². The average molecular weight is 345 g/mol. The first-order valence-corrected chi connectivity index (χ1v) is 9.47. The second kappa shape index (κ2) is 8.19. The second-order valence-corrected chi connectivity index (χ2v) is 7.47. The molecule has 0 unspecified atom stereocenters. The molecule has 0 aliphatic carbocycles. The summed E-state index contributed by atoms with van der Waals surface area (Å²) in [6.07, 6.45) is 2.96. The molecular formula is C20H31N3O2. The van der Waals surface area contributed by atoms with Gasteiger partial charge in [-0.3, -0.25) is 4.79 Å². The lowest BCUT2D eigenvalue weighted by atomic mass is 10.1. The van der Waals surface area contributed by atoms with Crippen LogP contribution in [0.15, 0.2) is 24.3 Å². The van der Waals surface area contributed by atoms with Crippen LogP contribution in [-0.2, 0) is 11.2 Å². The fourth-order valence-corrected chi connectivity index (χ4v) is 3.63. The highest BCUT2D eigenvalue weighted by Gasteiger charge is 2.32. The molecule has 0 aromatic heterocycles. The molecule has 2 heterocycles. The number of ether oxygens (including phenoxy) is 1. The molecule has 0 radical (unpaired) electrons. The number of carbonyl (C=O) groups is 1. The minimum atomic E-state index is 0.136. The Morgan fingerprint density at radius 3 is 2.80 bits per heavy atom. The van der Waals surface area contributed by atoms with E-state index in [4.69, 9.17) is 4.74 Å². The second-order valence-electron chi connectivity index (χ2n) is 7.47. The summed E-state index contributed by atoms with van der Waals surface area (Å²) in [5, 5.41) is 0. The van der Waals surface area contributed by atoms with E-state index in [1.165, 1.54) is 12.0 Å². The number of hydrogen-bond acceptors (Lipinski definition) is 4. The fraction of sp³-hybridized carbons (Fsp3) is 0.650. The Hall–Kier alpha value is -1.59. The van der Waals surface area contributed by atoms with Crippen LogP contribution < -0.4 is 4.74 Å². The van der Waals surface area contributed by atoms with Gasteiger partial charge in [0.15, 0.2) is 0 Å². The fourth-order valence-electron chi connectivity index (χ4n) is 3.63. The maximum Gasteiger partial charge on any atom is 0.224 e. The van der Waals surface area contributed by atoms with E-state index in [9.17, 15) is 4.79 Å². The molecule has 5 nitrogen and oxygen atoms in total. The number of carbonyl (C=O) groups excluding carboxylic acids is 1. The molecule has 2 aliphatic heterocycles. The molecule has 2 aliphatic rings. The highest BCUT2D eigenvalue weighted by atomic mass is 16.5. The summed E-state index contributed by atoms with van der Waals surface area (Å²) in [4.78, 5) is 19.0. The molecule has 5 heteroatoms. The largest absolute Gasteiger partial charge is 0.487 e. The maximum absolute atomic E-state index is 12.3. The van der Waals surface area contributed by atoms with Crippen molar-refractivity contribution in [2.45, 2.75) is 38.3 Å². The molecule has 1 aromatic rings. The molecule has 1 amide bonds.